The Balaban J connectivity index is 1.32. The third kappa shape index (κ3) is 3.59. The normalized spacial score (nSPS) is 19.7. The second-order valence-electron chi connectivity index (χ2n) is 7.67. The minimum atomic E-state index is -1.08. The van der Waals surface area contributed by atoms with Crippen molar-refractivity contribution in [1.29, 1.82) is 0 Å². The van der Waals surface area contributed by atoms with Gasteiger partial charge in [0, 0.05) is 17.0 Å². The lowest BCUT2D eigenvalue weighted by atomic mass is 9.92. The topological polar surface area (TPSA) is 93.9 Å². The monoisotopic (exact) mass is 439 g/mol. The van der Waals surface area contributed by atoms with Crippen molar-refractivity contribution in [3.8, 4) is 23.0 Å². The zero-order valence-electron chi connectivity index (χ0n) is 16.6. The number of imide groups is 1. The van der Waals surface area contributed by atoms with Crippen LogP contribution in [0, 0.1) is 0 Å². The standard InChI is InChI=1S/C22H18ClN3O5/c1-22(9-13-5-6-17-18(7-13)31-12-30-17)20(27)26(21(28)25-22)10-16-11-29-19(24-16)14-3-2-4-15(23)8-14/h2-8,11H,9-10,12H2,1H3,(H,25,28)/t22-/m0/s1. The number of benzene rings is 2. The average Bonchev–Trinajstić information content (AvgIpc) is 3.44. The van der Waals surface area contributed by atoms with Crippen LogP contribution in [-0.4, -0.2) is 34.2 Å². The number of fused-ring (bicyclic) bond motifs is 1. The van der Waals surface area contributed by atoms with Gasteiger partial charge in [-0.05, 0) is 42.8 Å². The van der Waals surface area contributed by atoms with Crippen LogP contribution in [0.15, 0.2) is 53.1 Å². The Morgan fingerprint density at radius 3 is 2.84 bits per heavy atom. The predicted molar refractivity (Wildman–Crippen MR) is 111 cm³/mol. The molecule has 31 heavy (non-hydrogen) atoms. The highest BCUT2D eigenvalue weighted by atomic mass is 35.5. The Morgan fingerprint density at radius 1 is 1.16 bits per heavy atom. The van der Waals surface area contributed by atoms with Crippen LogP contribution in [0.5, 0.6) is 11.5 Å². The number of urea groups is 1. The number of aromatic nitrogens is 1. The van der Waals surface area contributed by atoms with E-state index in [-0.39, 0.29) is 19.2 Å². The summed E-state index contributed by atoms with van der Waals surface area (Å²) in [6.07, 6.45) is 1.75. The van der Waals surface area contributed by atoms with E-state index in [1.54, 1.807) is 31.2 Å². The molecule has 3 aromatic rings. The average molecular weight is 440 g/mol. The van der Waals surface area contributed by atoms with Gasteiger partial charge < -0.3 is 19.2 Å². The van der Waals surface area contributed by atoms with Crippen LogP contribution in [0.2, 0.25) is 5.02 Å². The van der Waals surface area contributed by atoms with Crippen LogP contribution in [0.3, 0.4) is 0 Å². The van der Waals surface area contributed by atoms with Gasteiger partial charge in [0.15, 0.2) is 11.5 Å². The van der Waals surface area contributed by atoms with E-state index in [9.17, 15) is 9.59 Å². The number of oxazole rings is 1. The van der Waals surface area contributed by atoms with Crippen molar-refractivity contribution in [1.82, 2.24) is 15.2 Å². The van der Waals surface area contributed by atoms with Gasteiger partial charge in [0.05, 0.1) is 12.2 Å². The molecular weight excluding hydrogens is 422 g/mol. The summed E-state index contributed by atoms with van der Waals surface area (Å²) in [6.45, 7) is 1.89. The molecule has 1 N–H and O–H groups in total. The van der Waals surface area contributed by atoms with Gasteiger partial charge in [-0.25, -0.2) is 9.78 Å². The Bertz CT molecular complexity index is 1190. The van der Waals surface area contributed by atoms with Crippen LogP contribution in [-0.2, 0) is 17.8 Å². The molecule has 2 aromatic carbocycles. The lowest BCUT2D eigenvalue weighted by molar-refractivity contribution is -0.131. The number of halogens is 1. The van der Waals surface area contributed by atoms with E-state index in [1.165, 1.54) is 6.26 Å². The van der Waals surface area contributed by atoms with Gasteiger partial charge in [-0.2, -0.15) is 0 Å². The molecular formula is C22H18ClN3O5. The molecule has 0 aliphatic carbocycles. The van der Waals surface area contributed by atoms with E-state index in [0.29, 0.717) is 40.1 Å². The summed E-state index contributed by atoms with van der Waals surface area (Å²) in [7, 11) is 0. The molecule has 0 radical (unpaired) electrons. The van der Waals surface area contributed by atoms with Crippen molar-refractivity contribution < 1.29 is 23.5 Å². The van der Waals surface area contributed by atoms with Crippen molar-refractivity contribution in [2.45, 2.75) is 25.4 Å². The SMILES string of the molecule is C[C@@]1(Cc2ccc3c(c2)OCO3)NC(=O)N(Cc2coc(-c3cccc(Cl)c3)n2)C1=O. The van der Waals surface area contributed by atoms with E-state index in [0.717, 1.165) is 10.5 Å². The number of nitrogens with zero attached hydrogens (tertiary/aromatic N) is 2. The first-order chi connectivity index (χ1) is 14.9. The summed E-state index contributed by atoms with van der Waals surface area (Å²) in [5.41, 5.74) is 0.950. The summed E-state index contributed by atoms with van der Waals surface area (Å²) in [6, 6.07) is 12.1. The number of hydrogen-bond donors (Lipinski definition) is 1. The second kappa shape index (κ2) is 7.31. The first kappa shape index (κ1) is 19.4. The minimum absolute atomic E-state index is 0.00542. The summed E-state index contributed by atoms with van der Waals surface area (Å²) < 4.78 is 16.2. The van der Waals surface area contributed by atoms with E-state index in [4.69, 9.17) is 25.5 Å². The molecule has 9 heteroatoms. The van der Waals surface area contributed by atoms with Crippen molar-refractivity contribution in [3.05, 3.63) is 65.0 Å². The Hall–Kier alpha value is -3.52. The number of carbonyl (C=O) groups excluding carboxylic acids is 2. The van der Waals surface area contributed by atoms with Crippen LogP contribution < -0.4 is 14.8 Å². The molecule has 2 aliphatic rings. The van der Waals surface area contributed by atoms with E-state index in [2.05, 4.69) is 10.3 Å². The third-order valence-electron chi connectivity index (χ3n) is 5.28. The fourth-order valence-electron chi connectivity index (χ4n) is 3.77. The number of ether oxygens (including phenoxy) is 2. The first-order valence-corrected chi connectivity index (χ1v) is 10.0. The van der Waals surface area contributed by atoms with Crippen molar-refractivity contribution in [3.63, 3.8) is 0 Å². The lowest BCUT2D eigenvalue weighted by Crippen LogP contribution is -2.45. The molecule has 5 rings (SSSR count). The van der Waals surface area contributed by atoms with Gasteiger partial charge in [0.2, 0.25) is 12.7 Å². The highest BCUT2D eigenvalue weighted by Gasteiger charge is 2.48. The maximum absolute atomic E-state index is 13.1. The molecule has 0 saturated carbocycles. The molecule has 0 unspecified atom stereocenters. The highest BCUT2D eigenvalue weighted by molar-refractivity contribution is 6.30. The van der Waals surface area contributed by atoms with Gasteiger partial charge >= 0.3 is 6.03 Å². The predicted octanol–water partition coefficient (Wildman–Crippen LogP) is 3.78. The number of nitrogens with one attached hydrogen (secondary N) is 1. The number of amides is 3. The van der Waals surface area contributed by atoms with Crippen molar-refractivity contribution >= 4 is 23.5 Å². The Labute approximate surface area is 182 Å². The molecule has 158 valence electrons. The van der Waals surface area contributed by atoms with Crippen LogP contribution in [0.1, 0.15) is 18.2 Å². The zero-order valence-corrected chi connectivity index (χ0v) is 17.3. The summed E-state index contributed by atoms with van der Waals surface area (Å²) in [4.78, 5) is 31.2. The molecule has 1 fully saturated rings. The van der Waals surface area contributed by atoms with Gasteiger partial charge in [0.1, 0.15) is 11.8 Å². The van der Waals surface area contributed by atoms with Crippen LogP contribution in [0.4, 0.5) is 4.79 Å². The van der Waals surface area contributed by atoms with Gasteiger partial charge in [-0.3, -0.25) is 9.69 Å². The van der Waals surface area contributed by atoms with Crippen molar-refractivity contribution in [2.75, 3.05) is 6.79 Å². The smallest absolute Gasteiger partial charge is 0.325 e. The number of carbonyl (C=O) groups is 2. The summed E-state index contributed by atoms with van der Waals surface area (Å²) >= 11 is 6.02. The highest BCUT2D eigenvalue weighted by Crippen LogP contribution is 2.34. The Morgan fingerprint density at radius 2 is 2.00 bits per heavy atom. The Kier molecular flexibility index (Phi) is 4.59. The fourth-order valence-corrected chi connectivity index (χ4v) is 3.96. The molecule has 0 bridgehead atoms. The second-order valence-corrected chi connectivity index (χ2v) is 8.11. The van der Waals surface area contributed by atoms with Crippen LogP contribution >= 0.6 is 11.6 Å². The maximum Gasteiger partial charge on any atom is 0.325 e. The number of hydrogen-bond acceptors (Lipinski definition) is 6. The lowest BCUT2D eigenvalue weighted by Gasteiger charge is -2.21. The quantitative estimate of drug-likeness (QED) is 0.608. The zero-order chi connectivity index (χ0) is 21.6. The largest absolute Gasteiger partial charge is 0.454 e. The molecule has 1 atom stereocenters. The molecule has 3 amide bonds. The van der Waals surface area contributed by atoms with Gasteiger partial charge in [0.25, 0.3) is 5.91 Å². The van der Waals surface area contributed by atoms with E-state index >= 15 is 0 Å². The molecule has 1 saturated heterocycles. The summed E-state index contributed by atoms with van der Waals surface area (Å²) in [5, 5.41) is 3.36. The molecule has 2 aliphatic heterocycles. The molecule has 1 aromatic heterocycles. The van der Waals surface area contributed by atoms with Crippen LogP contribution in [0.25, 0.3) is 11.5 Å². The van der Waals surface area contributed by atoms with E-state index in [1.807, 2.05) is 18.2 Å². The molecule has 0 spiro atoms. The molecule has 8 nitrogen and oxygen atoms in total. The minimum Gasteiger partial charge on any atom is -0.454 e. The van der Waals surface area contributed by atoms with E-state index < -0.39 is 11.6 Å². The van der Waals surface area contributed by atoms with Crippen molar-refractivity contribution in [2.24, 2.45) is 0 Å². The molecule has 3 heterocycles. The summed E-state index contributed by atoms with van der Waals surface area (Å²) in [5.74, 6) is 1.33. The van der Waals surface area contributed by atoms with Gasteiger partial charge in [-0.1, -0.05) is 23.7 Å². The van der Waals surface area contributed by atoms with Gasteiger partial charge in [-0.15, -0.1) is 0 Å². The fraction of sp³-hybridized carbons (Fsp3) is 0.227. The maximum atomic E-state index is 13.1. The first-order valence-electron chi connectivity index (χ1n) is 9.64. The third-order valence-corrected chi connectivity index (χ3v) is 5.52. The number of rotatable bonds is 5.